The lowest BCUT2D eigenvalue weighted by molar-refractivity contribution is 0.106. The molecule has 0 saturated heterocycles. The first-order chi connectivity index (χ1) is 14.1. The molecule has 0 aliphatic heterocycles. The lowest BCUT2D eigenvalue weighted by Gasteiger charge is -2.22. The van der Waals surface area contributed by atoms with Gasteiger partial charge in [0.05, 0.1) is 28.1 Å². The Hall–Kier alpha value is -1.31. The summed E-state index contributed by atoms with van der Waals surface area (Å²) >= 11 is 6.76. The summed E-state index contributed by atoms with van der Waals surface area (Å²) in [6.45, 7) is 3.84. The van der Waals surface area contributed by atoms with Crippen molar-refractivity contribution < 1.29 is 18.3 Å². The fourth-order valence-corrected chi connectivity index (χ4v) is 5.22. The third kappa shape index (κ3) is 6.11. The number of aryl methyl sites for hydroxylation is 1. The molecular formula is C18H25Br2N5O4S. The maximum atomic E-state index is 12.3. The molecule has 4 N–H and O–H groups in total. The molecule has 12 heteroatoms. The van der Waals surface area contributed by atoms with Crippen LogP contribution in [0.4, 0.5) is 17.5 Å². The highest BCUT2D eigenvalue weighted by atomic mass is 79.9. The van der Waals surface area contributed by atoms with Crippen molar-refractivity contribution in [3.05, 3.63) is 32.8 Å². The Bertz CT molecular complexity index is 989. The van der Waals surface area contributed by atoms with E-state index in [2.05, 4.69) is 57.2 Å². The normalized spacial score (nSPS) is 13.7. The van der Waals surface area contributed by atoms with Crippen molar-refractivity contribution in [3.8, 4) is 0 Å². The molecule has 30 heavy (non-hydrogen) atoms. The number of halogens is 2. The van der Waals surface area contributed by atoms with Crippen LogP contribution in [0.3, 0.4) is 0 Å². The maximum absolute atomic E-state index is 12.3. The standard InChI is InChI=1S/C18H25Br2N5O4S/c1-5-11-6-12(7-13(19)16(11)30(27,28)21-3)23-18-22-8-14(20)17(25-18)24-15(9-29-4)10(2)26/h6-8,10,15,21,26H,5,9H2,1-4H3,(H2,22,23,24,25)/t10-,15-/m1/s1. The molecule has 166 valence electrons. The van der Waals surface area contributed by atoms with Crippen LogP contribution in [-0.4, -0.2) is 56.4 Å². The second kappa shape index (κ2) is 10.8. The number of aliphatic hydroxyl groups excluding tert-OH is 1. The molecule has 9 nitrogen and oxygen atoms in total. The monoisotopic (exact) mass is 565 g/mol. The molecule has 0 saturated carbocycles. The molecule has 1 aromatic carbocycles. The first kappa shape index (κ1) is 25.0. The topological polar surface area (TPSA) is 125 Å². The minimum atomic E-state index is -3.61. The highest BCUT2D eigenvalue weighted by molar-refractivity contribution is 9.10. The number of aliphatic hydroxyl groups is 1. The zero-order valence-corrected chi connectivity index (χ0v) is 21.0. The van der Waals surface area contributed by atoms with Gasteiger partial charge in [-0.2, -0.15) is 4.98 Å². The smallest absolute Gasteiger partial charge is 0.241 e. The minimum Gasteiger partial charge on any atom is -0.391 e. The molecule has 0 fully saturated rings. The molecule has 0 spiro atoms. The second-order valence-corrected chi connectivity index (χ2v) is 10.0. The number of aromatic nitrogens is 2. The summed E-state index contributed by atoms with van der Waals surface area (Å²) in [7, 11) is -0.676. The minimum absolute atomic E-state index is 0.205. The number of methoxy groups -OCH3 is 1. The number of ether oxygens (including phenoxy) is 1. The van der Waals surface area contributed by atoms with Crippen molar-refractivity contribution in [2.45, 2.75) is 37.3 Å². The van der Waals surface area contributed by atoms with Crippen molar-refractivity contribution >= 4 is 59.3 Å². The molecule has 2 atom stereocenters. The molecule has 1 heterocycles. The van der Waals surface area contributed by atoms with Crippen LogP contribution >= 0.6 is 31.9 Å². The van der Waals surface area contributed by atoms with Crippen LogP contribution in [0.5, 0.6) is 0 Å². The third-order valence-corrected chi connectivity index (χ3v) is 7.31. The summed E-state index contributed by atoms with van der Waals surface area (Å²) in [4.78, 5) is 8.91. The zero-order chi connectivity index (χ0) is 22.5. The van der Waals surface area contributed by atoms with E-state index >= 15 is 0 Å². The van der Waals surface area contributed by atoms with E-state index in [0.29, 0.717) is 45.0 Å². The van der Waals surface area contributed by atoms with Crippen LogP contribution in [0.15, 0.2) is 32.2 Å². The highest BCUT2D eigenvalue weighted by Crippen LogP contribution is 2.31. The van der Waals surface area contributed by atoms with Crippen LogP contribution in [0.1, 0.15) is 19.4 Å². The molecule has 0 aliphatic rings. The van der Waals surface area contributed by atoms with Gasteiger partial charge < -0.3 is 20.5 Å². The first-order valence-corrected chi connectivity index (χ1v) is 12.2. The molecule has 0 aliphatic carbocycles. The van der Waals surface area contributed by atoms with E-state index in [1.807, 2.05) is 6.92 Å². The van der Waals surface area contributed by atoms with Gasteiger partial charge in [-0.15, -0.1) is 0 Å². The first-order valence-electron chi connectivity index (χ1n) is 9.12. The fourth-order valence-electron chi connectivity index (χ4n) is 2.70. The predicted octanol–water partition coefficient (Wildman–Crippen LogP) is 3.02. The number of hydrogen-bond donors (Lipinski definition) is 4. The SMILES string of the molecule is CCc1cc(Nc2ncc(Br)c(N[C@H](COC)[C@@H](C)O)n2)cc(Br)c1S(=O)(=O)NC. The van der Waals surface area contributed by atoms with Crippen molar-refractivity contribution in [2.24, 2.45) is 0 Å². The van der Waals surface area contributed by atoms with Crippen LogP contribution in [-0.2, 0) is 21.2 Å². The largest absolute Gasteiger partial charge is 0.391 e. The molecule has 1 aromatic heterocycles. The molecule has 0 amide bonds. The Labute approximate surface area is 193 Å². The van der Waals surface area contributed by atoms with Gasteiger partial charge in [-0.05, 0) is 69.9 Å². The van der Waals surface area contributed by atoms with Gasteiger partial charge in [0.2, 0.25) is 16.0 Å². The Morgan fingerprint density at radius 2 is 1.97 bits per heavy atom. The number of rotatable bonds is 10. The molecular weight excluding hydrogens is 542 g/mol. The highest BCUT2D eigenvalue weighted by Gasteiger charge is 2.21. The van der Waals surface area contributed by atoms with Gasteiger partial charge in [0.1, 0.15) is 5.82 Å². The van der Waals surface area contributed by atoms with Crippen molar-refractivity contribution in [1.82, 2.24) is 14.7 Å². The average Bonchev–Trinajstić information content (AvgIpc) is 2.69. The van der Waals surface area contributed by atoms with Gasteiger partial charge in [-0.25, -0.2) is 18.1 Å². The lowest BCUT2D eigenvalue weighted by atomic mass is 10.1. The number of nitrogens with zero attached hydrogens (tertiary/aromatic N) is 2. The quantitative estimate of drug-likeness (QED) is 0.346. The van der Waals surface area contributed by atoms with Gasteiger partial charge in [0, 0.05) is 23.5 Å². The maximum Gasteiger partial charge on any atom is 0.241 e. The summed E-state index contributed by atoms with van der Waals surface area (Å²) in [5.41, 5.74) is 1.27. The Morgan fingerprint density at radius 1 is 1.27 bits per heavy atom. The van der Waals surface area contributed by atoms with E-state index in [4.69, 9.17) is 4.74 Å². The van der Waals surface area contributed by atoms with Gasteiger partial charge in [0.25, 0.3) is 0 Å². The van der Waals surface area contributed by atoms with Gasteiger partial charge >= 0.3 is 0 Å². The number of nitrogens with one attached hydrogen (secondary N) is 3. The van der Waals surface area contributed by atoms with E-state index < -0.39 is 16.1 Å². The number of hydrogen-bond acceptors (Lipinski definition) is 8. The van der Waals surface area contributed by atoms with E-state index in [1.54, 1.807) is 32.4 Å². The molecule has 0 unspecified atom stereocenters. The molecule has 0 bridgehead atoms. The summed E-state index contributed by atoms with van der Waals surface area (Å²) in [5.74, 6) is 0.792. The molecule has 2 rings (SSSR count). The van der Waals surface area contributed by atoms with Gasteiger partial charge in [-0.1, -0.05) is 6.92 Å². The zero-order valence-electron chi connectivity index (χ0n) is 17.0. The Kier molecular flexibility index (Phi) is 9.00. The third-order valence-electron chi connectivity index (χ3n) is 4.29. The van der Waals surface area contributed by atoms with Crippen molar-refractivity contribution in [3.63, 3.8) is 0 Å². The Balaban J connectivity index is 2.36. The summed E-state index contributed by atoms with van der Waals surface area (Å²) in [5, 5.41) is 16.2. The van der Waals surface area contributed by atoms with Crippen LogP contribution < -0.4 is 15.4 Å². The molecule has 2 aromatic rings. The van der Waals surface area contributed by atoms with Crippen LogP contribution in [0, 0.1) is 0 Å². The summed E-state index contributed by atoms with van der Waals surface area (Å²) in [6, 6.07) is 3.04. The lowest BCUT2D eigenvalue weighted by Crippen LogP contribution is -2.36. The fraction of sp³-hybridized carbons (Fsp3) is 0.444. The average molecular weight is 567 g/mol. The summed E-state index contributed by atoms with van der Waals surface area (Å²) in [6.07, 6.45) is 1.44. The van der Waals surface area contributed by atoms with E-state index in [1.165, 1.54) is 7.05 Å². The van der Waals surface area contributed by atoms with Crippen LogP contribution in [0.25, 0.3) is 0 Å². The van der Waals surface area contributed by atoms with E-state index in [0.717, 1.165) is 0 Å². The second-order valence-electron chi connectivity index (χ2n) is 6.47. The van der Waals surface area contributed by atoms with Crippen LogP contribution in [0.2, 0.25) is 0 Å². The molecule has 0 radical (unpaired) electrons. The van der Waals surface area contributed by atoms with E-state index in [9.17, 15) is 13.5 Å². The number of benzene rings is 1. The number of sulfonamides is 1. The Morgan fingerprint density at radius 3 is 2.53 bits per heavy atom. The van der Waals surface area contributed by atoms with Gasteiger partial charge in [-0.3, -0.25) is 0 Å². The van der Waals surface area contributed by atoms with E-state index in [-0.39, 0.29) is 10.9 Å². The predicted molar refractivity (Wildman–Crippen MR) is 124 cm³/mol. The number of anilines is 3. The van der Waals surface area contributed by atoms with Crippen molar-refractivity contribution in [1.29, 1.82) is 0 Å². The summed E-state index contributed by atoms with van der Waals surface area (Å²) < 4.78 is 33.2. The van der Waals surface area contributed by atoms with Crippen molar-refractivity contribution in [2.75, 3.05) is 31.4 Å². The van der Waals surface area contributed by atoms with Gasteiger partial charge in [0.15, 0.2) is 0 Å².